The fourth-order valence-electron chi connectivity index (χ4n) is 5.98. The van der Waals surface area contributed by atoms with Crippen LogP contribution in [0.15, 0.2) is 111 Å². The molecule has 1 heterocycles. The minimum atomic E-state index is -0.482. The number of ketones is 2. The molecule has 2 aliphatic carbocycles. The fraction of sp³-hybridized carbons (Fsp3) is 0.100. The number of amides is 2. The number of hydrogen-bond acceptors (Lipinski definition) is 11. The van der Waals surface area contributed by atoms with Gasteiger partial charge >= 0.3 is 0 Å². The van der Waals surface area contributed by atoms with Crippen LogP contribution < -0.4 is 21.5 Å². The topological polar surface area (TPSA) is 180 Å². The maximum Gasteiger partial charge on any atom is 0.255 e. The van der Waals surface area contributed by atoms with Crippen LogP contribution in [-0.2, 0) is 19.2 Å². The highest BCUT2D eigenvalue weighted by atomic mass is 16.4. The molecule has 262 valence electrons. The van der Waals surface area contributed by atoms with Gasteiger partial charge in [0.2, 0.25) is 23.3 Å². The highest BCUT2D eigenvalue weighted by molar-refractivity contribution is 6.59. The molecule has 0 spiro atoms. The van der Waals surface area contributed by atoms with Crippen molar-refractivity contribution in [2.24, 2.45) is 10.2 Å². The lowest BCUT2D eigenvalue weighted by Gasteiger charge is -2.17. The van der Waals surface area contributed by atoms with Crippen molar-refractivity contribution in [3.63, 3.8) is 0 Å². The van der Waals surface area contributed by atoms with Crippen LogP contribution in [-0.4, -0.2) is 59.1 Å². The summed E-state index contributed by atoms with van der Waals surface area (Å²) in [5.74, 6) is -1.31. The number of nitrogens with one attached hydrogen (secondary N) is 4. The molecule has 13 heteroatoms. The summed E-state index contributed by atoms with van der Waals surface area (Å²) in [4.78, 5) is 51.2. The van der Waals surface area contributed by atoms with Gasteiger partial charge in [-0.2, -0.15) is 10.2 Å². The Balaban J connectivity index is 1.08. The Hall–Kier alpha value is -7.28. The SMILES string of the molecule is CNC(=O)C1=Cc2ccccc2C(=NNc2ccc(-c3nnc(-c4ccc(NN=C5C(=O)C(C(=O)NC)=Cc6ccccc65)c(C)c4)o3)cc2C)C1=O. The number of aryl methyl sites for hydroxylation is 2. The molecular formula is C40H32N8O5. The van der Waals surface area contributed by atoms with Gasteiger partial charge < -0.3 is 15.1 Å². The number of benzene rings is 4. The van der Waals surface area contributed by atoms with Crippen LogP contribution >= 0.6 is 0 Å². The molecular weight excluding hydrogens is 672 g/mol. The van der Waals surface area contributed by atoms with Crippen molar-refractivity contribution >= 4 is 58.3 Å². The van der Waals surface area contributed by atoms with Crippen molar-refractivity contribution in [1.29, 1.82) is 0 Å². The second-order valence-electron chi connectivity index (χ2n) is 12.2. The summed E-state index contributed by atoms with van der Waals surface area (Å²) in [6.07, 6.45) is 3.14. The van der Waals surface area contributed by atoms with Crippen LogP contribution in [0.1, 0.15) is 33.4 Å². The lowest BCUT2D eigenvalue weighted by Crippen LogP contribution is -2.32. The molecule has 53 heavy (non-hydrogen) atoms. The van der Waals surface area contributed by atoms with Crippen molar-refractivity contribution < 1.29 is 23.6 Å². The molecule has 0 radical (unpaired) electrons. The van der Waals surface area contributed by atoms with Gasteiger partial charge in [0, 0.05) is 36.3 Å². The molecule has 0 unspecified atom stereocenters. The van der Waals surface area contributed by atoms with Gasteiger partial charge in [-0.1, -0.05) is 48.5 Å². The normalized spacial score (nSPS) is 14.9. The van der Waals surface area contributed by atoms with Gasteiger partial charge in [0.25, 0.3) is 11.8 Å². The number of carbonyl (C=O) groups excluding carboxylic acids is 4. The Morgan fingerprint density at radius 1 is 0.604 bits per heavy atom. The van der Waals surface area contributed by atoms with E-state index in [2.05, 4.69) is 41.9 Å². The van der Waals surface area contributed by atoms with Crippen molar-refractivity contribution in [2.75, 3.05) is 24.9 Å². The third-order valence-electron chi connectivity index (χ3n) is 8.84. The Kier molecular flexibility index (Phi) is 9.13. The number of anilines is 2. The Morgan fingerprint density at radius 3 is 1.42 bits per heavy atom. The number of aromatic nitrogens is 2. The van der Waals surface area contributed by atoms with Crippen molar-refractivity contribution in [1.82, 2.24) is 20.8 Å². The van der Waals surface area contributed by atoms with Gasteiger partial charge in [-0.3, -0.25) is 30.0 Å². The zero-order valence-electron chi connectivity index (χ0n) is 29.1. The number of Topliss-reactive ketones (excluding diaryl/α,β-unsaturated/α-hetero) is 2. The molecule has 5 aromatic rings. The number of carbonyl (C=O) groups is 4. The molecule has 2 amide bonds. The number of likely N-dealkylation sites (N-methyl/N-ethyl adjacent to an activating group) is 2. The van der Waals surface area contributed by atoms with E-state index in [1.54, 1.807) is 48.6 Å². The maximum atomic E-state index is 13.2. The summed E-state index contributed by atoms with van der Waals surface area (Å²) in [5.41, 5.74) is 13.2. The summed E-state index contributed by atoms with van der Waals surface area (Å²) < 4.78 is 6.06. The van der Waals surface area contributed by atoms with Crippen molar-refractivity contribution in [3.8, 4) is 22.9 Å². The molecule has 13 nitrogen and oxygen atoms in total. The van der Waals surface area contributed by atoms with E-state index in [-0.39, 0.29) is 22.6 Å². The predicted molar refractivity (Wildman–Crippen MR) is 202 cm³/mol. The van der Waals surface area contributed by atoms with Crippen LogP contribution in [0.2, 0.25) is 0 Å². The van der Waals surface area contributed by atoms with Gasteiger partial charge in [0.05, 0.1) is 22.5 Å². The van der Waals surface area contributed by atoms with Crippen LogP contribution in [0, 0.1) is 13.8 Å². The second-order valence-corrected chi connectivity index (χ2v) is 12.2. The summed E-state index contributed by atoms with van der Waals surface area (Å²) >= 11 is 0. The van der Waals surface area contributed by atoms with E-state index in [4.69, 9.17) is 4.42 Å². The predicted octanol–water partition coefficient (Wildman–Crippen LogP) is 5.08. The third-order valence-corrected chi connectivity index (χ3v) is 8.84. The van der Waals surface area contributed by atoms with Crippen molar-refractivity contribution in [3.05, 3.63) is 129 Å². The van der Waals surface area contributed by atoms with Crippen LogP contribution in [0.25, 0.3) is 35.1 Å². The average Bonchev–Trinajstić information content (AvgIpc) is 3.67. The highest BCUT2D eigenvalue weighted by Gasteiger charge is 2.31. The quantitative estimate of drug-likeness (QED) is 0.127. The van der Waals surface area contributed by atoms with Gasteiger partial charge in [-0.15, -0.1) is 10.2 Å². The highest BCUT2D eigenvalue weighted by Crippen LogP contribution is 2.30. The first-order valence-electron chi connectivity index (χ1n) is 16.6. The van der Waals surface area contributed by atoms with E-state index in [0.29, 0.717) is 45.4 Å². The average molecular weight is 705 g/mol. The molecule has 1 aromatic heterocycles. The summed E-state index contributed by atoms with van der Waals surface area (Å²) in [6.45, 7) is 3.76. The molecule has 4 aromatic carbocycles. The number of rotatable bonds is 8. The molecule has 7 rings (SSSR count). The Labute approximate surface area is 303 Å². The summed E-state index contributed by atoms with van der Waals surface area (Å²) in [6, 6.07) is 25.4. The molecule has 0 saturated heterocycles. The van der Waals surface area contributed by atoms with Crippen LogP contribution in [0.5, 0.6) is 0 Å². The number of hydrazone groups is 2. The number of fused-ring (bicyclic) bond motifs is 2. The van der Waals surface area contributed by atoms with Crippen LogP contribution in [0.4, 0.5) is 11.4 Å². The van der Waals surface area contributed by atoms with Crippen LogP contribution in [0.3, 0.4) is 0 Å². The van der Waals surface area contributed by atoms with Gasteiger partial charge in [-0.05, 0) is 84.7 Å². The van der Waals surface area contributed by atoms with E-state index in [9.17, 15) is 19.2 Å². The molecule has 0 bridgehead atoms. The molecule has 4 N–H and O–H groups in total. The Morgan fingerprint density at radius 2 is 1.02 bits per heavy atom. The first kappa shape index (κ1) is 34.2. The third kappa shape index (κ3) is 6.54. The van der Waals surface area contributed by atoms with E-state index in [0.717, 1.165) is 22.3 Å². The minimum absolute atomic E-state index is 0.0125. The van der Waals surface area contributed by atoms with E-state index < -0.39 is 23.4 Å². The second kappa shape index (κ2) is 14.2. The van der Waals surface area contributed by atoms with Crippen molar-refractivity contribution in [2.45, 2.75) is 13.8 Å². The first-order chi connectivity index (χ1) is 25.7. The van der Waals surface area contributed by atoms with E-state index in [1.165, 1.54) is 14.1 Å². The lowest BCUT2D eigenvalue weighted by atomic mass is 9.89. The van der Waals surface area contributed by atoms with E-state index >= 15 is 0 Å². The number of hydrogen-bond donors (Lipinski definition) is 4. The first-order valence-corrected chi connectivity index (χ1v) is 16.6. The summed E-state index contributed by atoms with van der Waals surface area (Å²) in [7, 11) is 2.95. The molecule has 0 saturated carbocycles. The largest absolute Gasteiger partial charge is 0.416 e. The monoisotopic (exact) mass is 704 g/mol. The van der Waals surface area contributed by atoms with Gasteiger partial charge in [-0.25, -0.2) is 0 Å². The minimum Gasteiger partial charge on any atom is -0.416 e. The number of nitrogens with zero attached hydrogens (tertiary/aromatic N) is 4. The zero-order chi connectivity index (χ0) is 37.2. The maximum absolute atomic E-state index is 13.2. The summed E-state index contributed by atoms with van der Waals surface area (Å²) in [5, 5.41) is 22.4. The molecule has 0 aliphatic heterocycles. The van der Waals surface area contributed by atoms with Gasteiger partial charge in [0.15, 0.2) is 0 Å². The smallest absolute Gasteiger partial charge is 0.255 e. The molecule has 0 fully saturated rings. The molecule has 2 aliphatic rings. The fourth-order valence-corrected chi connectivity index (χ4v) is 5.98. The van der Waals surface area contributed by atoms with Gasteiger partial charge in [0.1, 0.15) is 11.4 Å². The standard InChI is InChI=1S/C40H32N8O5/c1-21-17-25(13-15-31(21)43-45-33-27-11-7-5-9-23(27)19-29(35(33)49)37(51)41-3)39-47-48-40(53-39)26-14-16-32(22(2)18-26)44-46-34-28-12-8-6-10-24(28)20-30(36(34)50)38(52)42-4/h5-20,43-44H,1-4H3,(H,41,51)(H,42,52). The molecule has 0 atom stereocenters. The Bertz CT molecular complexity index is 2320. The lowest BCUT2D eigenvalue weighted by molar-refractivity contribution is -0.121. The zero-order valence-corrected chi connectivity index (χ0v) is 29.1. The van der Waals surface area contributed by atoms with E-state index in [1.807, 2.05) is 62.4 Å².